The molecule has 0 spiro atoms. The minimum Gasteiger partial charge on any atom is -0.399 e. The molecule has 0 amide bonds. The van der Waals surface area contributed by atoms with Crippen LogP contribution in [0.15, 0.2) is 12.1 Å². The molecule has 4 nitrogen and oxygen atoms in total. The molecule has 0 aromatic heterocycles. The molecule has 0 fully saturated rings. The molecular formula is C20H36N4. The highest BCUT2D eigenvalue weighted by Gasteiger charge is 2.41. The summed E-state index contributed by atoms with van der Waals surface area (Å²) in [7, 11) is 0. The number of hydrogen-bond donors (Lipinski definition) is 2. The van der Waals surface area contributed by atoms with Gasteiger partial charge in [-0.2, -0.15) is 0 Å². The second-order valence-corrected chi connectivity index (χ2v) is 7.25. The van der Waals surface area contributed by atoms with Crippen LogP contribution in [0.25, 0.3) is 0 Å². The van der Waals surface area contributed by atoms with Gasteiger partial charge in [0, 0.05) is 30.7 Å². The van der Waals surface area contributed by atoms with E-state index in [-0.39, 0.29) is 5.41 Å². The van der Waals surface area contributed by atoms with Gasteiger partial charge in [0.25, 0.3) is 0 Å². The molecule has 1 aliphatic rings. The standard InChI is InChI=1S/C20H36N4/c1-5-9-11-23(12-10-6-2)18-14-16(21)13-17-19(18)24(22)15-20(17,7-3)8-4/h13-14H,5-12,15,21-22H2,1-4H3. The molecule has 1 heterocycles. The van der Waals surface area contributed by atoms with E-state index in [4.69, 9.17) is 11.6 Å². The molecule has 0 bridgehead atoms. The smallest absolute Gasteiger partial charge is 0.0790 e. The zero-order valence-corrected chi connectivity index (χ0v) is 16.1. The Labute approximate surface area is 148 Å². The molecular weight excluding hydrogens is 296 g/mol. The molecule has 4 heteroatoms. The zero-order chi connectivity index (χ0) is 17.7. The summed E-state index contributed by atoms with van der Waals surface area (Å²) in [5.41, 5.74) is 11.1. The van der Waals surface area contributed by atoms with Crippen LogP contribution in [0, 0.1) is 0 Å². The van der Waals surface area contributed by atoms with Crippen molar-refractivity contribution in [2.24, 2.45) is 5.84 Å². The fourth-order valence-electron chi connectivity index (χ4n) is 3.98. The van der Waals surface area contributed by atoms with Gasteiger partial charge in [0.05, 0.1) is 11.4 Å². The van der Waals surface area contributed by atoms with Crippen LogP contribution in [-0.4, -0.2) is 19.6 Å². The van der Waals surface area contributed by atoms with E-state index in [0.29, 0.717) is 0 Å². The molecule has 1 aliphatic heterocycles. The lowest BCUT2D eigenvalue weighted by Crippen LogP contribution is -2.37. The molecule has 0 radical (unpaired) electrons. The lowest BCUT2D eigenvalue weighted by atomic mass is 9.77. The van der Waals surface area contributed by atoms with Gasteiger partial charge in [-0.05, 0) is 43.4 Å². The number of nitrogens with zero attached hydrogens (tertiary/aromatic N) is 2. The summed E-state index contributed by atoms with van der Waals surface area (Å²) in [4.78, 5) is 2.50. The highest BCUT2D eigenvalue weighted by atomic mass is 15.4. The average molecular weight is 333 g/mol. The first-order chi connectivity index (χ1) is 11.5. The molecule has 1 aromatic rings. The number of anilines is 3. The maximum absolute atomic E-state index is 6.48. The van der Waals surface area contributed by atoms with Gasteiger partial charge in [-0.1, -0.05) is 40.5 Å². The molecule has 0 unspecified atom stereocenters. The second kappa shape index (κ2) is 8.11. The summed E-state index contributed by atoms with van der Waals surface area (Å²) in [5, 5.41) is 1.97. The monoisotopic (exact) mass is 332 g/mol. The number of hydrogen-bond acceptors (Lipinski definition) is 4. The Morgan fingerprint density at radius 3 is 2.12 bits per heavy atom. The van der Waals surface area contributed by atoms with Crippen LogP contribution in [0.5, 0.6) is 0 Å². The van der Waals surface area contributed by atoms with Gasteiger partial charge in [-0.25, -0.2) is 5.84 Å². The molecule has 4 N–H and O–H groups in total. The van der Waals surface area contributed by atoms with E-state index in [1.54, 1.807) is 0 Å². The number of nitrogen functional groups attached to an aromatic ring is 1. The van der Waals surface area contributed by atoms with Crippen molar-refractivity contribution in [1.29, 1.82) is 0 Å². The minimum absolute atomic E-state index is 0.134. The van der Waals surface area contributed by atoms with Crippen molar-refractivity contribution >= 4 is 17.1 Å². The van der Waals surface area contributed by atoms with Gasteiger partial charge in [-0.15, -0.1) is 0 Å². The van der Waals surface area contributed by atoms with Crippen LogP contribution < -0.4 is 21.5 Å². The van der Waals surface area contributed by atoms with E-state index in [1.807, 2.05) is 5.01 Å². The third kappa shape index (κ3) is 3.49. The molecule has 0 saturated carbocycles. The highest BCUT2D eigenvalue weighted by Crippen LogP contribution is 2.49. The number of fused-ring (bicyclic) bond motifs is 1. The fraction of sp³-hybridized carbons (Fsp3) is 0.700. The minimum atomic E-state index is 0.134. The van der Waals surface area contributed by atoms with Gasteiger partial charge < -0.3 is 15.6 Å². The van der Waals surface area contributed by atoms with Crippen molar-refractivity contribution in [3.63, 3.8) is 0 Å². The van der Waals surface area contributed by atoms with E-state index in [2.05, 4.69) is 44.7 Å². The van der Waals surface area contributed by atoms with E-state index >= 15 is 0 Å². The van der Waals surface area contributed by atoms with E-state index in [0.717, 1.165) is 38.2 Å². The lowest BCUT2D eigenvalue weighted by Gasteiger charge is -2.29. The number of unbranched alkanes of at least 4 members (excludes halogenated alkanes) is 2. The molecule has 0 atom stereocenters. The predicted molar refractivity (Wildman–Crippen MR) is 107 cm³/mol. The second-order valence-electron chi connectivity index (χ2n) is 7.25. The van der Waals surface area contributed by atoms with Crippen molar-refractivity contribution in [2.75, 3.05) is 35.3 Å². The summed E-state index contributed by atoms with van der Waals surface area (Å²) >= 11 is 0. The number of benzene rings is 1. The molecule has 24 heavy (non-hydrogen) atoms. The quantitative estimate of drug-likeness (QED) is 0.519. The Morgan fingerprint density at radius 2 is 1.62 bits per heavy atom. The van der Waals surface area contributed by atoms with Crippen LogP contribution in [-0.2, 0) is 5.41 Å². The predicted octanol–water partition coefficient (Wildman–Crippen LogP) is 4.43. The summed E-state index contributed by atoms with van der Waals surface area (Å²) in [6.45, 7) is 12.1. The Bertz CT molecular complexity index is 529. The molecule has 1 aromatic carbocycles. The normalized spacial score (nSPS) is 15.6. The SMILES string of the molecule is CCCCN(CCCC)c1cc(N)cc2c1N(N)CC2(CC)CC. The topological polar surface area (TPSA) is 58.5 Å². The largest absolute Gasteiger partial charge is 0.399 e. The van der Waals surface area contributed by atoms with Crippen molar-refractivity contribution in [2.45, 2.75) is 71.6 Å². The first-order valence-electron chi connectivity index (χ1n) is 9.74. The van der Waals surface area contributed by atoms with Crippen LogP contribution >= 0.6 is 0 Å². The molecule has 136 valence electrons. The molecule has 2 rings (SSSR count). The van der Waals surface area contributed by atoms with Gasteiger partial charge in [-0.3, -0.25) is 0 Å². The Morgan fingerprint density at radius 1 is 1.04 bits per heavy atom. The van der Waals surface area contributed by atoms with Crippen molar-refractivity contribution < 1.29 is 0 Å². The van der Waals surface area contributed by atoms with Gasteiger partial charge in [0.15, 0.2) is 0 Å². The highest BCUT2D eigenvalue weighted by molar-refractivity contribution is 5.82. The number of rotatable bonds is 9. The average Bonchev–Trinajstić information content (AvgIpc) is 2.87. The van der Waals surface area contributed by atoms with Gasteiger partial charge >= 0.3 is 0 Å². The maximum atomic E-state index is 6.48. The van der Waals surface area contributed by atoms with E-state index in [1.165, 1.54) is 42.6 Å². The lowest BCUT2D eigenvalue weighted by molar-refractivity contribution is 0.421. The van der Waals surface area contributed by atoms with Crippen LogP contribution in [0.3, 0.4) is 0 Å². The maximum Gasteiger partial charge on any atom is 0.0790 e. The number of nitrogens with two attached hydrogens (primary N) is 2. The summed E-state index contributed by atoms with van der Waals surface area (Å²) in [6.07, 6.45) is 6.99. The van der Waals surface area contributed by atoms with Crippen LogP contribution in [0.1, 0.15) is 71.8 Å². The van der Waals surface area contributed by atoms with Gasteiger partial charge in [0.1, 0.15) is 0 Å². The summed E-state index contributed by atoms with van der Waals surface area (Å²) in [5.74, 6) is 6.48. The Kier molecular flexibility index (Phi) is 6.39. The molecule has 0 saturated heterocycles. The van der Waals surface area contributed by atoms with Crippen LogP contribution in [0.4, 0.5) is 17.1 Å². The summed E-state index contributed by atoms with van der Waals surface area (Å²) < 4.78 is 0. The Hall–Kier alpha value is -1.42. The van der Waals surface area contributed by atoms with E-state index in [9.17, 15) is 0 Å². The Balaban J connectivity index is 2.50. The van der Waals surface area contributed by atoms with E-state index < -0.39 is 0 Å². The first kappa shape index (κ1) is 18.9. The van der Waals surface area contributed by atoms with Gasteiger partial charge in [0.2, 0.25) is 0 Å². The first-order valence-corrected chi connectivity index (χ1v) is 9.74. The molecule has 0 aliphatic carbocycles. The third-order valence-electron chi connectivity index (χ3n) is 5.70. The van der Waals surface area contributed by atoms with Crippen LogP contribution in [0.2, 0.25) is 0 Å². The van der Waals surface area contributed by atoms with Crippen molar-refractivity contribution in [3.05, 3.63) is 17.7 Å². The summed E-state index contributed by atoms with van der Waals surface area (Å²) in [6, 6.07) is 4.29. The number of hydrazine groups is 1. The zero-order valence-electron chi connectivity index (χ0n) is 16.1. The van der Waals surface area contributed by atoms with Crippen molar-refractivity contribution in [1.82, 2.24) is 0 Å². The van der Waals surface area contributed by atoms with Crippen molar-refractivity contribution in [3.8, 4) is 0 Å². The third-order valence-corrected chi connectivity index (χ3v) is 5.70. The fourth-order valence-corrected chi connectivity index (χ4v) is 3.98.